The largest absolute Gasteiger partial charge is 0.412 e. The van der Waals surface area contributed by atoms with E-state index < -0.39 is 20.9 Å². The summed E-state index contributed by atoms with van der Waals surface area (Å²) in [5.41, 5.74) is 0.557. The van der Waals surface area contributed by atoms with Crippen molar-refractivity contribution < 1.29 is 21.6 Å². The molecule has 1 unspecified atom stereocenters. The van der Waals surface area contributed by atoms with Crippen LogP contribution in [0.25, 0.3) is 11.5 Å². The number of aromatic nitrogens is 3. The van der Waals surface area contributed by atoms with Gasteiger partial charge in [0.05, 0.1) is 22.5 Å². The van der Waals surface area contributed by atoms with Crippen LogP contribution in [0.3, 0.4) is 0 Å². The third kappa shape index (κ3) is 3.47. The van der Waals surface area contributed by atoms with Gasteiger partial charge in [-0.2, -0.15) is 13.2 Å². The van der Waals surface area contributed by atoms with Gasteiger partial charge in [-0.3, -0.25) is 4.98 Å². The highest BCUT2D eigenvalue weighted by Gasteiger charge is 2.53. The van der Waals surface area contributed by atoms with Crippen LogP contribution in [-0.2, 0) is 21.8 Å². The molecule has 0 aliphatic heterocycles. The lowest BCUT2D eigenvalue weighted by Gasteiger charge is -2.25. The molecule has 1 saturated carbocycles. The molecule has 0 spiro atoms. The minimum atomic E-state index is -4.71. The van der Waals surface area contributed by atoms with Gasteiger partial charge in [-0.05, 0) is 37.3 Å². The average Bonchev–Trinajstić information content (AvgIpc) is 3.35. The second-order valence-electron chi connectivity index (χ2n) is 6.82. The molecule has 2 aromatic heterocycles. The summed E-state index contributed by atoms with van der Waals surface area (Å²) in [6, 6.07) is 1.57. The smallest absolute Gasteiger partial charge is 0.328 e. The van der Waals surface area contributed by atoms with Crippen LogP contribution in [0.5, 0.6) is 0 Å². The molecule has 3 rings (SSSR count). The highest BCUT2D eigenvalue weighted by molar-refractivity contribution is 7.91. The first-order chi connectivity index (χ1) is 12.4. The van der Waals surface area contributed by atoms with Crippen molar-refractivity contribution in [3.63, 3.8) is 0 Å². The molecular weight excluding hydrogens is 403 g/mol. The molecule has 0 aromatic carbocycles. The van der Waals surface area contributed by atoms with Crippen molar-refractivity contribution in [2.75, 3.05) is 5.75 Å². The van der Waals surface area contributed by atoms with E-state index in [9.17, 15) is 21.6 Å². The van der Waals surface area contributed by atoms with E-state index in [1.807, 2.05) is 0 Å². The quantitative estimate of drug-likeness (QED) is 0.680. The van der Waals surface area contributed by atoms with E-state index in [1.165, 1.54) is 14.0 Å². The molecule has 1 aliphatic rings. The minimum absolute atomic E-state index is 0.0158. The SMILES string of the molecule is CCS(=O)(=O)c1cc(C2CC2)cnc1-c1ncc(C(C)(Cl)C(F)(F)F)n1C. The first-order valence-electron chi connectivity index (χ1n) is 8.41. The van der Waals surface area contributed by atoms with Crippen LogP contribution in [0.2, 0.25) is 0 Å². The van der Waals surface area contributed by atoms with Gasteiger partial charge in [-0.1, -0.05) is 6.92 Å². The highest BCUT2D eigenvalue weighted by Crippen LogP contribution is 2.45. The maximum atomic E-state index is 13.3. The van der Waals surface area contributed by atoms with E-state index in [0.29, 0.717) is 0 Å². The zero-order valence-electron chi connectivity index (χ0n) is 15.0. The third-order valence-electron chi connectivity index (χ3n) is 4.85. The molecule has 1 atom stereocenters. The number of nitrogens with zero attached hydrogens (tertiary/aromatic N) is 3. The van der Waals surface area contributed by atoms with Crippen molar-refractivity contribution in [2.24, 2.45) is 7.05 Å². The lowest BCUT2D eigenvalue weighted by molar-refractivity contribution is -0.161. The standard InChI is InChI=1S/C17H19ClF3N3O2S/c1-4-27(25,26)12-7-11(10-5-6-10)8-22-14(12)15-23-9-13(24(15)3)16(2,18)17(19,20)21/h7-10H,4-6H2,1-3H3. The summed E-state index contributed by atoms with van der Waals surface area (Å²) >= 11 is 5.75. The molecule has 0 saturated heterocycles. The van der Waals surface area contributed by atoms with Crippen molar-refractivity contribution in [1.82, 2.24) is 14.5 Å². The molecule has 0 N–H and O–H groups in total. The normalized spacial score (nSPS) is 17.7. The van der Waals surface area contributed by atoms with E-state index >= 15 is 0 Å². The van der Waals surface area contributed by atoms with Gasteiger partial charge in [0, 0.05) is 13.2 Å². The number of hydrogen-bond acceptors (Lipinski definition) is 4. The lowest BCUT2D eigenvalue weighted by Crippen LogP contribution is -2.35. The molecule has 0 amide bonds. The van der Waals surface area contributed by atoms with Crippen LogP contribution in [0, 0.1) is 0 Å². The zero-order chi connectivity index (χ0) is 20.2. The second-order valence-corrected chi connectivity index (χ2v) is 9.82. The summed E-state index contributed by atoms with van der Waals surface area (Å²) in [4.78, 5) is 5.59. The van der Waals surface area contributed by atoms with Gasteiger partial charge in [-0.25, -0.2) is 13.4 Å². The Balaban J connectivity index is 2.18. The third-order valence-corrected chi connectivity index (χ3v) is 7.00. The van der Waals surface area contributed by atoms with E-state index in [-0.39, 0.29) is 33.8 Å². The highest BCUT2D eigenvalue weighted by atomic mass is 35.5. The first-order valence-corrected chi connectivity index (χ1v) is 10.4. The Bertz CT molecular complexity index is 980. The molecule has 10 heteroatoms. The number of sulfone groups is 1. The van der Waals surface area contributed by atoms with Crippen LogP contribution in [0.1, 0.15) is 43.9 Å². The lowest BCUT2D eigenvalue weighted by atomic mass is 10.1. The fourth-order valence-corrected chi connectivity index (χ4v) is 4.11. The van der Waals surface area contributed by atoms with Crippen molar-refractivity contribution in [2.45, 2.75) is 48.6 Å². The van der Waals surface area contributed by atoms with Crippen LogP contribution in [0.15, 0.2) is 23.4 Å². The summed E-state index contributed by atoms with van der Waals surface area (Å²) in [7, 11) is -2.28. The van der Waals surface area contributed by atoms with Crippen molar-refractivity contribution in [1.29, 1.82) is 0 Å². The number of hydrogen-bond donors (Lipinski definition) is 0. The van der Waals surface area contributed by atoms with Crippen LogP contribution in [0.4, 0.5) is 13.2 Å². The zero-order valence-corrected chi connectivity index (χ0v) is 16.6. The Morgan fingerprint density at radius 1 is 1.26 bits per heavy atom. The number of imidazole rings is 1. The Morgan fingerprint density at radius 3 is 2.41 bits per heavy atom. The number of alkyl halides is 4. The van der Waals surface area contributed by atoms with Crippen LogP contribution >= 0.6 is 11.6 Å². The van der Waals surface area contributed by atoms with Gasteiger partial charge in [0.15, 0.2) is 20.5 Å². The minimum Gasteiger partial charge on any atom is -0.328 e. The van der Waals surface area contributed by atoms with Crippen molar-refractivity contribution >= 4 is 21.4 Å². The molecule has 0 bridgehead atoms. The number of halogens is 4. The van der Waals surface area contributed by atoms with Gasteiger partial charge in [-0.15, -0.1) is 11.6 Å². The average molecular weight is 422 g/mol. The molecule has 1 aliphatic carbocycles. The van der Waals surface area contributed by atoms with Crippen molar-refractivity contribution in [3.8, 4) is 11.5 Å². The summed E-state index contributed by atoms with van der Waals surface area (Å²) in [5.74, 6) is 0.157. The summed E-state index contributed by atoms with van der Waals surface area (Å²) in [6.45, 7) is 2.34. The predicted octanol–water partition coefficient (Wildman–Crippen LogP) is 4.17. The Labute approximate surface area is 160 Å². The van der Waals surface area contributed by atoms with E-state index in [4.69, 9.17) is 11.6 Å². The maximum Gasteiger partial charge on any atom is 0.412 e. The molecule has 0 radical (unpaired) electrons. The number of pyridine rings is 1. The Kier molecular flexibility index (Phi) is 4.83. The molecule has 2 aromatic rings. The summed E-state index contributed by atoms with van der Waals surface area (Å²) in [6.07, 6.45) is -0.194. The van der Waals surface area contributed by atoms with E-state index in [1.54, 1.807) is 12.3 Å². The monoisotopic (exact) mass is 421 g/mol. The maximum absolute atomic E-state index is 13.3. The van der Waals surface area contributed by atoms with E-state index in [2.05, 4.69) is 9.97 Å². The topological polar surface area (TPSA) is 64.8 Å². The van der Waals surface area contributed by atoms with Gasteiger partial charge in [0.2, 0.25) is 0 Å². The Hall–Kier alpha value is -1.61. The second kappa shape index (κ2) is 6.48. The fourth-order valence-electron chi connectivity index (χ4n) is 2.87. The molecule has 27 heavy (non-hydrogen) atoms. The van der Waals surface area contributed by atoms with Crippen LogP contribution in [-0.4, -0.2) is 34.9 Å². The van der Waals surface area contributed by atoms with Gasteiger partial charge in [0.1, 0.15) is 5.69 Å². The van der Waals surface area contributed by atoms with Crippen molar-refractivity contribution in [3.05, 3.63) is 29.7 Å². The molecule has 5 nitrogen and oxygen atoms in total. The predicted molar refractivity (Wildman–Crippen MR) is 95.4 cm³/mol. The van der Waals surface area contributed by atoms with Gasteiger partial charge in [0.25, 0.3) is 0 Å². The molecule has 2 heterocycles. The first kappa shape index (κ1) is 20.1. The van der Waals surface area contributed by atoms with Gasteiger partial charge < -0.3 is 4.57 Å². The Morgan fingerprint density at radius 2 is 1.89 bits per heavy atom. The van der Waals surface area contributed by atoms with Gasteiger partial charge >= 0.3 is 6.18 Å². The number of rotatable bonds is 5. The molecule has 148 valence electrons. The molecular formula is C17H19ClF3N3O2S. The summed E-state index contributed by atoms with van der Waals surface area (Å²) < 4.78 is 66.2. The summed E-state index contributed by atoms with van der Waals surface area (Å²) in [5, 5.41) is 0. The fraction of sp³-hybridized carbons (Fsp3) is 0.529. The molecule has 1 fully saturated rings. The van der Waals surface area contributed by atoms with Crippen LogP contribution < -0.4 is 0 Å². The van der Waals surface area contributed by atoms with E-state index in [0.717, 1.165) is 36.1 Å².